The minimum Gasteiger partial charge on any atom is -0.494 e. The van der Waals surface area contributed by atoms with Crippen LogP contribution >= 0.6 is 0 Å². The van der Waals surface area contributed by atoms with E-state index in [9.17, 15) is 14.0 Å². The molecule has 0 bridgehead atoms. The van der Waals surface area contributed by atoms with Crippen molar-refractivity contribution in [3.05, 3.63) is 173 Å². The molecule has 0 unspecified atom stereocenters. The Bertz CT molecular complexity index is 2810. The maximum absolute atomic E-state index is 14.2. The number of nitrogens with one attached hydrogen (secondary N) is 2. The molecule has 67 heavy (non-hydrogen) atoms. The van der Waals surface area contributed by atoms with Gasteiger partial charge in [-0.25, -0.2) is 4.39 Å². The van der Waals surface area contributed by atoms with E-state index in [0.29, 0.717) is 45.6 Å². The SMILES string of the molecule is COc1ccc(C(=O)/C=C\Nc2ccccc2/C=C\c2cc(OC)c(OC)c(OOc3cc(C(=O)/C=C\Nc4ccccc4/C=C\c4cc(OC)c(OC)c(OC)c4)ccc3OC)c2)cc1F. The number of ether oxygens (including phenoxy) is 7. The van der Waals surface area contributed by atoms with Crippen molar-refractivity contribution in [2.75, 3.05) is 60.4 Å². The number of para-hydroxylation sites is 2. The maximum atomic E-state index is 14.2. The van der Waals surface area contributed by atoms with Gasteiger partial charge in [-0.05, 0) is 89.0 Å². The lowest BCUT2D eigenvalue weighted by molar-refractivity contribution is -0.103. The first-order chi connectivity index (χ1) is 32.6. The lowest BCUT2D eigenvalue weighted by atomic mass is 10.1. The van der Waals surface area contributed by atoms with E-state index in [0.717, 1.165) is 28.4 Å². The molecule has 0 aromatic heterocycles. The second kappa shape index (κ2) is 23.3. The van der Waals surface area contributed by atoms with Gasteiger partial charge in [-0.15, -0.1) is 0 Å². The Labute approximate surface area is 388 Å². The van der Waals surface area contributed by atoms with E-state index in [2.05, 4.69) is 10.6 Å². The van der Waals surface area contributed by atoms with Crippen LogP contribution in [0.5, 0.6) is 51.7 Å². The van der Waals surface area contributed by atoms with E-state index in [-0.39, 0.29) is 40.1 Å². The number of hydrogen-bond donors (Lipinski definition) is 2. The summed E-state index contributed by atoms with van der Waals surface area (Å²) in [5, 5.41) is 6.33. The summed E-state index contributed by atoms with van der Waals surface area (Å²) < 4.78 is 52.3. The van der Waals surface area contributed by atoms with E-state index in [1.165, 1.54) is 65.0 Å². The second-order valence-corrected chi connectivity index (χ2v) is 14.1. The first-order valence-electron chi connectivity index (χ1n) is 20.5. The topological polar surface area (TPSA) is 141 Å². The summed E-state index contributed by atoms with van der Waals surface area (Å²) >= 11 is 0. The highest BCUT2D eigenvalue weighted by Gasteiger charge is 2.18. The Kier molecular flexibility index (Phi) is 16.7. The van der Waals surface area contributed by atoms with Crippen molar-refractivity contribution in [3.63, 3.8) is 0 Å². The number of halogens is 1. The van der Waals surface area contributed by atoms with Crippen molar-refractivity contribution in [1.29, 1.82) is 0 Å². The average Bonchev–Trinajstić information content (AvgIpc) is 3.36. The molecule has 0 spiro atoms. The van der Waals surface area contributed by atoms with E-state index in [1.807, 2.05) is 85.0 Å². The third-order valence-corrected chi connectivity index (χ3v) is 10.0. The molecule has 13 nitrogen and oxygen atoms in total. The molecule has 0 aliphatic carbocycles. The highest BCUT2D eigenvalue weighted by atomic mass is 19.1. The number of ketones is 2. The lowest BCUT2D eigenvalue weighted by Crippen LogP contribution is -2.06. The summed E-state index contributed by atoms with van der Waals surface area (Å²) in [5.74, 6) is 1.52. The Balaban J connectivity index is 1.14. The van der Waals surface area contributed by atoms with Gasteiger partial charge in [0.05, 0.1) is 49.8 Å². The number of hydrogen-bond acceptors (Lipinski definition) is 13. The van der Waals surface area contributed by atoms with Crippen molar-refractivity contribution in [2.24, 2.45) is 0 Å². The maximum Gasteiger partial charge on any atom is 0.224 e. The highest BCUT2D eigenvalue weighted by molar-refractivity contribution is 6.05. The van der Waals surface area contributed by atoms with E-state index in [1.54, 1.807) is 51.8 Å². The largest absolute Gasteiger partial charge is 0.494 e. The monoisotopic (exact) mass is 908 g/mol. The van der Waals surface area contributed by atoms with E-state index in [4.69, 9.17) is 42.9 Å². The molecule has 6 rings (SSSR count). The fourth-order valence-electron chi connectivity index (χ4n) is 6.64. The van der Waals surface area contributed by atoms with Crippen molar-refractivity contribution in [2.45, 2.75) is 0 Å². The van der Waals surface area contributed by atoms with Crippen molar-refractivity contribution in [3.8, 4) is 51.7 Å². The van der Waals surface area contributed by atoms with Crippen LogP contribution in [0.3, 0.4) is 0 Å². The summed E-state index contributed by atoms with van der Waals surface area (Å²) in [7, 11) is 10.5. The lowest BCUT2D eigenvalue weighted by Gasteiger charge is -2.15. The first kappa shape index (κ1) is 47.8. The van der Waals surface area contributed by atoms with Gasteiger partial charge in [-0.2, -0.15) is 0 Å². The number of carbonyl (C=O) groups excluding carboxylic acids is 2. The van der Waals surface area contributed by atoms with Crippen LogP contribution in [0.25, 0.3) is 24.3 Å². The Hall–Kier alpha value is -8.65. The molecule has 2 N–H and O–H groups in total. The van der Waals surface area contributed by atoms with Crippen LogP contribution < -0.4 is 53.6 Å². The average molecular weight is 909 g/mol. The molecule has 0 atom stereocenters. The standard InChI is InChI=1S/C53H49FN2O11/c1-59-45-22-20-38(32-40(45)54)43(57)24-26-55-42-15-11-9-13-37(42)19-17-35-30-50(63-5)53(65-7)51(31-35)67-66-47-33-39(21-23-46(47)60-2)44(58)25-27-56-41-14-10-8-12-36(41)18-16-34-28-48(61-3)52(64-6)49(29-34)62-4/h8-33,55-56H,1-7H3/b18-16-,19-17-,26-24-,27-25-. The van der Waals surface area contributed by atoms with Crippen molar-refractivity contribution >= 4 is 47.2 Å². The molecular weight excluding hydrogens is 860 g/mol. The van der Waals surface area contributed by atoms with Crippen LogP contribution in [0, 0.1) is 5.82 Å². The van der Waals surface area contributed by atoms with Crippen LogP contribution in [-0.4, -0.2) is 61.3 Å². The molecule has 344 valence electrons. The minimum atomic E-state index is -0.626. The summed E-state index contributed by atoms with van der Waals surface area (Å²) in [6.07, 6.45) is 13.3. The number of carbonyl (C=O) groups is 2. The predicted molar refractivity (Wildman–Crippen MR) is 258 cm³/mol. The van der Waals surface area contributed by atoms with Gasteiger partial charge in [-0.1, -0.05) is 60.7 Å². The van der Waals surface area contributed by atoms with Crippen LogP contribution in [0.4, 0.5) is 15.8 Å². The zero-order valence-electron chi connectivity index (χ0n) is 37.9. The Morgan fingerprint density at radius 3 is 1.31 bits per heavy atom. The van der Waals surface area contributed by atoms with Gasteiger partial charge in [0.15, 0.2) is 46.1 Å². The van der Waals surface area contributed by atoms with Crippen LogP contribution in [-0.2, 0) is 0 Å². The Morgan fingerprint density at radius 1 is 0.433 bits per heavy atom. The zero-order chi connectivity index (χ0) is 47.7. The van der Waals surface area contributed by atoms with Gasteiger partial charge in [0, 0.05) is 53.1 Å². The van der Waals surface area contributed by atoms with Crippen LogP contribution in [0.2, 0.25) is 0 Å². The van der Waals surface area contributed by atoms with Crippen molar-refractivity contribution in [1.82, 2.24) is 0 Å². The number of benzene rings is 6. The molecule has 6 aromatic carbocycles. The van der Waals surface area contributed by atoms with E-state index >= 15 is 0 Å². The summed E-state index contributed by atoms with van der Waals surface area (Å²) in [5.41, 5.74) is 5.08. The Morgan fingerprint density at radius 2 is 0.851 bits per heavy atom. The minimum absolute atomic E-state index is 0.0529. The normalized spacial score (nSPS) is 11.2. The second-order valence-electron chi connectivity index (χ2n) is 14.1. The summed E-state index contributed by atoms with van der Waals surface area (Å²) in [4.78, 5) is 37.8. The highest BCUT2D eigenvalue weighted by Crippen LogP contribution is 2.41. The molecule has 0 fully saturated rings. The summed E-state index contributed by atoms with van der Waals surface area (Å²) in [6.45, 7) is 0. The molecule has 14 heteroatoms. The third-order valence-electron chi connectivity index (χ3n) is 10.0. The van der Waals surface area contributed by atoms with Gasteiger partial charge < -0.3 is 43.8 Å². The fraction of sp³-hybridized carbons (Fsp3) is 0.132. The molecule has 6 aromatic rings. The third kappa shape index (κ3) is 12.1. The molecule has 0 saturated heterocycles. The summed E-state index contributed by atoms with van der Waals surface area (Å²) in [6, 6.07) is 31.0. The van der Waals surface area contributed by atoms with Gasteiger partial charge in [-0.3, -0.25) is 19.4 Å². The smallest absolute Gasteiger partial charge is 0.224 e. The molecule has 0 radical (unpaired) electrons. The predicted octanol–water partition coefficient (Wildman–Crippen LogP) is 11.2. The molecule has 0 saturated carbocycles. The van der Waals surface area contributed by atoms with Crippen LogP contribution in [0.1, 0.15) is 43.0 Å². The van der Waals surface area contributed by atoms with Crippen molar-refractivity contribution < 1.29 is 56.9 Å². The first-order valence-corrected chi connectivity index (χ1v) is 20.5. The van der Waals surface area contributed by atoms with Gasteiger partial charge in [0.1, 0.15) is 0 Å². The van der Waals surface area contributed by atoms with Gasteiger partial charge >= 0.3 is 0 Å². The molecule has 0 amide bonds. The van der Waals surface area contributed by atoms with Gasteiger partial charge in [0.2, 0.25) is 23.0 Å². The number of anilines is 2. The van der Waals surface area contributed by atoms with E-state index < -0.39 is 5.82 Å². The van der Waals surface area contributed by atoms with Gasteiger partial charge in [0.25, 0.3) is 0 Å². The number of rotatable bonds is 22. The fourth-order valence-corrected chi connectivity index (χ4v) is 6.64. The molecular formula is C53H49FN2O11. The number of methoxy groups -OCH3 is 7. The number of allylic oxidation sites excluding steroid dienone is 2. The molecule has 0 aliphatic rings. The quantitative estimate of drug-likeness (QED) is 0.0220. The zero-order valence-corrected chi connectivity index (χ0v) is 37.9. The molecule has 0 aliphatic heterocycles. The molecule has 0 heterocycles. The van der Waals surface area contributed by atoms with Crippen LogP contribution in [0.15, 0.2) is 134 Å².